The maximum atomic E-state index is 12.2. The molecule has 0 saturated carbocycles. The number of hydrogen-bond acceptors (Lipinski definition) is 5. The highest BCUT2D eigenvalue weighted by molar-refractivity contribution is 5.85. The Labute approximate surface area is 148 Å². The van der Waals surface area contributed by atoms with Crippen LogP contribution >= 0.6 is 12.4 Å². The van der Waals surface area contributed by atoms with Crippen molar-refractivity contribution in [3.05, 3.63) is 34.4 Å². The summed E-state index contributed by atoms with van der Waals surface area (Å²) in [4.78, 5) is 24.2. The van der Waals surface area contributed by atoms with Crippen LogP contribution in [0.25, 0.3) is 0 Å². The summed E-state index contributed by atoms with van der Waals surface area (Å²) in [7, 11) is 1.89. The lowest BCUT2D eigenvalue weighted by molar-refractivity contribution is -0.384. The number of carbonyl (C=O) groups excluding carboxylic acids is 1. The van der Waals surface area contributed by atoms with Gasteiger partial charge in [-0.25, -0.2) is 0 Å². The number of nitro benzene ring substituents is 1. The third-order valence-electron chi connectivity index (χ3n) is 4.22. The standard InChI is InChI=1S/C16H24N4O3.ClH/c1-19(14-8-11-17-12-9-14)16(21)3-2-10-18-13-4-6-15(7-5-13)20(22)23;/h4-7,14,17-18H,2-3,8-12H2,1H3;1H. The molecule has 0 radical (unpaired) electrons. The lowest BCUT2D eigenvalue weighted by Gasteiger charge is -2.31. The van der Waals surface area contributed by atoms with Gasteiger partial charge >= 0.3 is 0 Å². The quantitative estimate of drug-likeness (QED) is 0.445. The third-order valence-corrected chi connectivity index (χ3v) is 4.22. The molecule has 1 saturated heterocycles. The Balaban J connectivity index is 0.00000288. The maximum Gasteiger partial charge on any atom is 0.269 e. The summed E-state index contributed by atoms with van der Waals surface area (Å²) >= 11 is 0. The number of piperidine rings is 1. The molecule has 1 heterocycles. The molecule has 1 aromatic carbocycles. The Morgan fingerprint density at radius 1 is 1.33 bits per heavy atom. The van der Waals surface area contributed by atoms with Gasteiger partial charge in [-0.15, -0.1) is 12.4 Å². The van der Waals surface area contributed by atoms with Crippen molar-refractivity contribution < 1.29 is 9.72 Å². The van der Waals surface area contributed by atoms with E-state index in [1.165, 1.54) is 12.1 Å². The molecule has 1 amide bonds. The van der Waals surface area contributed by atoms with Gasteiger partial charge in [0.25, 0.3) is 5.69 Å². The van der Waals surface area contributed by atoms with Gasteiger partial charge in [0.05, 0.1) is 4.92 Å². The van der Waals surface area contributed by atoms with Crippen LogP contribution in [0.2, 0.25) is 0 Å². The molecule has 0 spiro atoms. The van der Waals surface area contributed by atoms with Gasteiger partial charge in [-0.1, -0.05) is 0 Å². The van der Waals surface area contributed by atoms with E-state index in [0.717, 1.165) is 38.0 Å². The summed E-state index contributed by atoms with van der Waals surface area (Å²) in [6.45, 7) is 2.62. The Morgan fingerprint density at radius 3 is 2.54 bits per heavy atom. The number of carbonyl (C=O) groups is 1. The molecule has 1 fully saturated rings. The number of nitro groups is 1. The van der Waals surface area contributed by atoms with Crippen LogP contribution in [0.5, 0.6) is 0 Å². The van der Waals surface area contributed by atoms with Gasteiger partial charge in [-0.05, 0) is 44.5 Å². The van der Waals surface area contributed by atoms with E-state index in [0.29, 0.717) is 19.0 Å². The highest BCUT2D eigenvalue weighted by Crippen LogP contribution is 2.16. The van der Waals surface area contributed by atoms with E-state index in [2.05, 4.69) is 10.6 Å². The van der Waals surface area contributed by atoms with Crippen LogP contribution in [-0.2, 0) is 4.79 Å². The first-order valence-corrected chi connectivity index (χ1v) is 8.02. The molecular formula is C16H25ClN4O3. The minimum absolute atomic E-state index is 0. The number of non-ortho nitro benzene ring substituents is 1. The highest BCUT2D eigenvalue weighted by atomic mass is 35.5. The first-order valence-electron chi connectivity index (χ1n) is 8.02. The van der Waals surface area contributed by atoms with Crippen LogP contribution in [0.15, 0.2) is 24.3 Å². The zero-order valence-corrected chi connectivity index (χ0v) is 14.7. The van der Waals surface area contributed by atoms with Crippen LogP contribution < -0.4 is 10.6 Å². The average Bonchev–Trinajstić information content (AvgIpc) is 2.59. The minimum atomic E-state index is -0.418. The van der Waals surface area contributed by atoms with Gasteiger partial charge in [-0.3, -0.25) is 14.9 Å². The Morgan fingerprint density at radius 2 is 1.96 bits per heavy atom. The van der Waals surface area contributed by atoms with Crippen LogP contribution in [-0.4, -0.2) is 48.5 Å². The molecular weight excluding hydrogens is 332 g/mol. The summed E-state index contributed by atoms with van der Waals surface area (Å²) in [5.41, 5.74) is 0.907. The number of nitrogens with zero attached hydrogens (tertiary/aromatic N) is 2. The van der Waals surface area contributed by atoms with E-state index in [1.807, 2.05) is 11.9 Å². The van der Waals surface area contributed by atoms with Crippen molar-refractivity contribution >= 4 is 29.7 Å². The number of amides is 1. The molecule has 8 heteroatoms. The van der Waals surface area contributed by atoms with Gasteiger partial charge < -0.3 is 15.5 Å². The molecule has 0 bridgehead atoms. The summed E-state index contributed by atoms with van der Waals surface area (Å²) in [5, 5.41) is 17.1. The van der Waals surface area contributed by atoms with E-state index >= 15 is 0 Å². The average molecular weight is 357 g/mol. The molecule has 2 rings (SSSR count). The molecule has 1 aliphatic heterocycles. The second-order valence-corrected chi connectivity index (χ2v) is 5.82. The third kappa shape index (κ3) is 5.98. The van der Waals surface area contributed by atoms with Crippen molar-refractivity contribution in [2.75, 3.05) is 32.0 Å². The van der Waals surface area contributed by atoms with Crippen molar-refractivity contribution in [2.45, 2.75) is 31.7 Å². The monoisotopic (exact) mass is 356 g/mol. The van der Waals surface area contributed by atoms with Crippen LogP contribution in [0.4, 0.5) is 11.4 Å². The second-order valence-electron chi connectivity index (χ2n) is 5.82. The molecule has 7 nitrogen and oxygen atoms in total. The van der Waals surface area contributed by atoms with E-state index < -0.39 is 4.92 Å². The number of benzene rings is 1. The predicted molar refractivity (Wildman–Crippen MR) is 96.7 cm³/mol. The molecule has 0 aromatic heterocycles. The first kappa shape index (κ1) is 20.2. The Hall–Kier alpha value is -1.86. The summed E-state index contributed by atoms with van der Waals surface area (Å²) in [6.07, 6.45) is 3.29. The van der Waals surface area contributed by atoms with Crippen molar-refractivity contribution in [1.29, 1.82) is 0 Å². The number of halogens is 1. The smallest absolute Gasteiger partial charge is 0.269 e. The molecule has 0 unspecified atom stereocenters. The minimum Gasteiger partial charge on any atom is -0.385 e. The number of rotatable bonds is 7. The zero-order chi connectivity index (χ0) is 16.7. The SMILES string of the molecule is CN(C(=O)CCCNc1ccc([N+](=O)[O-])cc1)C1CCNCC1.Cl. The van der Waals surface area contributed by atoms with Gasteiger partial charge in [0.2, 0.25) is 5.91 Å². The molecule has 2 N–H and O–H groups in total. The first-order chi connectivity index (χ1) is 11.1. The molecule has 24 heavy (non-hydrogen) atoms. The number of nitrogens with one attached hydrogen (secondary N) is 2. The van der Waals surface area contributed by atoms with E-state index in [-0.39, 0.29) is 24.0 Å². The fraction of sp³-hybridized carbons (Fsp3) is 0.562. The van der Waals surface area contributed by atoms with Crippen molar-refractivity contribution in [1.82, 2.24) is 10.2 Å². The predicted octanol–water partition coefficient (Wildman–Crippen LogP) is 2.42. The summed E-state index contributed by atoms with van der Waals surface area (Å²) < 4.78 is 0. The van der Waals surface area contributed by atoms with Gasteiger partial charge in [0.1, 0.15) is 0 Å². The molecule has 1 aromatic rings. The van der Waals surface area contributed by atoms with Gasteiger partial charge in [-0.2, -0.15) is 0 Å². The normalized spacial score (nSPS) is 14.5. The fourth-order valence-corrected chi connectivity index (χ4v) is 2.75. The summed E-state index contributed by atoms with van der Waals surface area (Å²) in [6, 6.07) is 6.66. The van der Waals surface area contributed by atoms with E-state index in [4.69, 9.17) is 0 Å². The molecule has 0 atom stereocenters. The van der Waals surface area contributed by atoms with Gasteiger partial charge in [0.15, 0.2) is 0 Å². The Kier molecular flexibility index (Phi) is 8.49. The lowest BCUT2D eigenvalue weighted by Crippen LogP contribution is -2.43. The van der Waals surface area contributed by atoms with Crippen molar-refractivity contribution in [2.24, 2.45) is 0 Å². The van der Waals surface area contributed by atoms with Gasteiger partial charge in [0, 0.05) is 43.9 Å². The van der Waals surface area contributed by atoms with E-state index in [1.54, 1.807) is 12.1 Å². The molecule has 1 aliphatic rings. The fourth-order valence-electron chi connectivity index (χ4n) is 2.75. The van der Waals surface area contributed by atoms with E-state index in [9.17, 15) is 14.9 Å². The topological polar surface area (TPSA) is 87.5 Å². The number of hydrogen-bond donors (Lipinski definition) is 2. The zero-order valence-electron chi connectivity index (χ0n) is 13.9. The van der Waals surface area contributed by atoms with Crippen molar-refractivity contribution in [3.8, 4) is 0 Å². The number of anilines is 1. The maximum absolute atomic E-state index is 12.2. The lowest BCUT2D eigenvalue weighted by atomic mass is 10.0. The van der Waals surface area contributed by atoms with Crippen molar-refractivity contribution in [3.63, 3.8) is 0 Å². The van der Waals surface area contributed by atoms with Crippen LogP contribution in [0, 0.1) is 10.1 Å². The summed E-state index contributed by atoms with van der Waals surface area (Å²) in [5.74, 6) is 0.183. The second kappa shape index (κ2) is 10.1. The highest BCUT2D eigenvalue weighted by Gasteiger charge is 2.21. The largest absolute Gasteiger partial charge is 0.385 e. The van der Waals surface area contributed by atoms with Crippen LogP contribution in [0.3, 0.4) is 0 Å². The Bertz CT molecular complexity index is 533. The molecule has 134 valence electrons. The molecule has 0 aliphatic carbocycles. The van der Waals surface area contributed by atoms with Crippen LogP contribution in [0.1, 0.15) is 25.7 Å².